The van der Waals surface area contributed by atoms with Crippen molar-refractivity contribution in [2.45, 2.75) is 47.1 Å². The Balaban J connectivity index is 1.96. The number of carbonyl (C=O) groups is 3. The van der Waals surface area contributed by atoms with Gasteiger partial charge >= 0.3 is 5.97 Å². The van der Waals surface area contributed by atoms with E-state index < -0.39 is 17.5 Å². The lowest BCUT2D eigenvalue weighted by atomic mass is 9.95. The average Bonchev–Trinajstić information content (AvgIpc) is 2.62. The second kappa shape index (κ2) is 8.83. The van der Waals surface area contributed by atoms with Crippen molar-refractivity contribution in [2.24, 2.45) is 5.41 Å². The predicted molar refractivity (Wildman–Crippen MR) is 109 cm³/mol. The van der Waals surface area contributed by atoms with Gasteiger partial charge in [0.1, 0.15) is 0 Å². The van der Waals surface area contributed by atoms with Crippen LogP contribution >= 0.6 is 0 Å². The van der Waals surface area contributed by atoms with E-state index in [1.807, 2.05) is 52.0 Å². The quantitative estimate of drug-likeness (QED) is 0.597. The van der Waals surface area contributed by atoms with Crippen LogP contribution in [0.3, 0.4) is 0 Å². The molecule has 1 amide bonds. The van der Waals surface area contributed by atoms with Crippen LogP contribution in [0.1, 0.15) is 49.2 Å². The van der Waals surface area contributed by atoms with E-state index >= 15 is 0 Å². The van der Waals surface area contributed by atoms with Gasteiger partial charge in [0.05, 0.1) is 6.42 Å². The number of ether oxygens (including phenoxy) is 1. The highest BCUT2D eigenvalue weighted by Gasteiger charge is 2.22. The minimum Gasteiger partial charge on any atom is -0.454 e. The number of hydrogen-bond donors (Lipinski definition) is 1. The molecule has 0 heterocycles. The van der Waals surface area contributed by atoms with E-state index in [9.17, 15) is 14.4 Å². The Morgan fingerprint density at radius 1 is 1.00 bits per heavy atom. The maximum atomic E-state index is 12.5. The van der Waals surface area contributed by atoms with Crippen molar-refractivity contribution < 1.29 is 19.1 Å². The molecule has 0 aromatic heterocycles. The van der Waals surface area contributed by atoms with Crippen LogP contribution < -0.4 is 5.32 Å². The largest absolute Gasteiger partial charge is 0.454 e. The molecule has 0 aliphatic rings. The van der Waals surface area contributed by atoms with E-state index in [2.05, 4.69) is 5.32 Å². The van der Waals surface area contributed by atoms with Gasteiger partial charge in [0.25, 0.3) is 0 Å². The molecule has 0 bridgehead atoms. The monoisotopic (exact) mass is 381 g/mol. The molecule has 28 heavy (non-hydrogen) atoms. The number of amides is 1. The first-order valence-electron chi connectivity index (χ1n) is 9.27. The van der Waals surface area contributed by atoms with E-state index in [0.29, 0.717) is 11.3 Å². The maximum Gasteiger partial charge on any atom is 0.310 e. The average molecular weight is 381 g/mol. The normalized spacial score (nSPS) is 12.2. The molecule has 0 aliphatic heterocycles. The van der Waals surface area contributed by atoms with Crippen molar-refractivity contribution in [1.82, 2.24) is 0 Å². The highest BCUT2D eigenvalue weighted by Crippen LogP contribution is 2.18. The summed E-state index contributed by atoms with van der Waals surface area (Å²) in [6.07, 6.45) is -0.756. The molecule has 148 valence electrons. The summed E-state index contributed by atoms with van der Waals surface area (Å²) in [5.74, 6) is -0.832. The molecule has 2 aromatic rings. The first kappa shape index (κ1) is 21.4. The zero-order valence-corrected chi connectivity index (χ0v) is 17.0. The summed E-state index contributed by atoms with van der Waals surface area (Å²) in [5.41, 5.74) is 2.41. The lowest BCUT2D eigenvalue weighted by Crippen LogP contribution is -2.27. The van der Waals surface area contributed by atoms with Crippen LogP contribution in [-0.2, 0) is 20.7 Å². The molecule has 1 atom stereocenters. The lowest BCUT2D eigenvalue weighted by Gasteiger charge is -2.18. The van der Waals surface area contributed by atoms with Crippen LogP contribution in [0, 0.1) is 12.3 Å². The van der Waals surface area contributed by atoms with Gasteiger partial charge in [-0.3, -0.25) is 14.4 Å². The number of aryl methyl sites for hydroxylation is 1. The minimum absolute atomic E-state index is 0.106. The fraction of sp³-hybridized carbons (Fsp3) is 0.348. The number of carbonyl (C=O) groups excluding carboxylic acids is 3. The number of ketones is 1. The van der Waals surface area contributed by atoms with E-state index in [1.165, 1.54) is 0 Å². The number of esters is 1. The fourth-order valence-electron chi connectivity index (χ4n) is 2.53. The van der Waals surface area contributed by atoms with Gasteiger partial charge in [-0.05, 0) is 49.2 Å². The summed E-state index contributed by atoms with van der Waals surface area (Å²) in [6.45, 7) is 8.97. The van der Waals surface area contributed by atoms with Crippen molar-refractivity contribution in [1.29, 1.82) is 0 Å². The van der Waals surface area contributed by atoms with Crippen molar-refractivity contribution >= 4 is 23.3 Å². The highest BCUT2D eigenvalue weighted by atomic mass is 16.5. The molecular weight excluding hydrogens is 354 g/mol. The molecule has 0 radical (unpaired) electrons. The Labute approximate surface area is 166 Å². The Hall–Kier alpha value is -2.95. The Morgan fingerprint density at radius 2 is 1.61 bits per heavy atom. The summed E-state index contributed by atoms with van der Waals surface area (Å²) < 4.78 is 5.31. The van der Waals surface area contributed by atoms with Gasteiger partial charge in [0.15, 0.2) is 6.10 Å². The first-order valence-corrected chi connectivity index (χ1v) is 9.27. The third-order valence-corrected chi connectivity index (χ3v) is 4.38. The number of benzene rings is 2. The van der Waals surface area contributed by atoms with Gasteiger partial charge in [-0.2, -0.15) is 0 Å². The van der Waals surface area contributed by atoms with Crippen LogP contribution in [0.2, 0.25) is 0 Å². The van der Waals surface area contributed by atoms with Crippen molar-refractivity contribution in [3.8, 4) is 0 Å². The third kappa shape index (κ3) is 5.78. The van der Waals surface area contributed by atoms with Crippen LogP contribution in [0.25, 0.3) is 0 Å². The Bertz CT molecular complexity index is 863. The Kier molecular flexibility index (Phi) is 6.73. The summed E-state index contributed by atoms with van der Waals surface area (Å²) in [5, 5.41) is 2.81. The topological polar surface area (TPSA) is 72.5 Å². The number of rotatable bonds is 6. The molecule has 2 aromatic carbocycles. The van der Waals surface area contributed by atoms with Crippen molar-refractivity contribution in [2.75, 3.05) is 5.32 Å². The molecule has 5 nitrogen and oxygen atoms in total. The molecule has 0 saturated carbocycles. The number of nitrogens with one attached hydrogen (secondary N) is 1. The molecule has 0 saturated heterocycles. The molecule has 2 rings (SSSR count). The van der Waals surface area contributed by atoms with E-state index in [1.54, 1.807) is 31.2 Å². The van der Waals surface area contributed by atoms with Gasteiger partial charge in [0.2, 0.25) is 11.7 Å². The maximum absolute atomic E-state index is 12.5. The second-order valence-electron chi connectivity index (χ2n) is 7.88. The fourth-order valence-corrected chi connectivity index (χ4v) is 2.53. The second-order valence-corrected chi connectivity index (χ2v) is 7.88. The predicted octanol–water partition coefficient (Wildman–Crippen LogP) is 4.34. The van der Waals surface area contributed by atoms with Gasteiger partial charge < -0.3 is 10.1 Å². The third-order valence-electron chi connectivity index (χ3n) is 4.38. The van der Waals surface area contributed by atoms with E-state index in [-0.39, 0.29) is 18.1 Å². The van der Waals surface area contributed by atoms with Gasteiger partial charge in [-0.25, -0.2) is 0 Å². The molecule has 1 N–H and O–H groups in total. The van der Waals surface area contributed by atoms with E-state index in [4.69, 9.17) is 4.74 Å². The Morgan fingerprint density at radius 3 is 2.18 bits per heavy atom. The highest BCUT2D eigenvalue weighted by molar-refractivity contribution is 6.01. The standard InChI is InChI=1S/C23H27NO4/c1-15-8-6-7-9-18(15)14-20(25)28-16(2)21(26)17-10-12-19(13-11-17)24-22(27)23(3,4)5/h6-13,16H,14H2,1-5H3,(H,24,27). The van der Waals surface area contributed by atoms with Crippen molar-refractivity contribution in [3.63, 3.8) is 0 Å². The molecule has 0 fully saturated rings. The van der Waals surface area contributed by atoms with Crippen LogP contribution in [-0.4, -0.2) is 23.8 Å². The van der Waals surface area contributed by atoms with Gasteiger partial charge in [-0.15, -0.1) is 0 Å². The van der Waals surface area contributed by atoms with Crippen LogP contribution in [0.4, 0.5) is 5.69 Å². The van der Waals surface area contributed by atoms with E-state index in [0.717, 1.165) is 11.1 Å². The number of Topliss-reactive ketones (excluding diaryl/α,β-unsaturated/α-hetero) is 1. The van der Waals surface area contributed by atoms with Gasteiger partial charge in [-0.1, -0.05) is 45.0 Å². The zero-order chi connectivity index (χ0) is 20.9. The molecule has 0 spiro atoms. The molecular formula is C23H27NO4. The smallest absolute Gasteiger partial charge is 0.310 e. The molecule has 5 heteroatoms. The first-order chi connectivity index (χ1) is 13.1. The molecule has 0 aliphatic carbocycles. The van der Waals surface area contributed by atoms with Crippen LogP contribution in [0.15, 0.2) is 48.5 Å². The SMILES string of the molecule is Cc1ccccc1CC(=O)OC(C)C(=O)c1ccc(NC(=O)C(C)(C)C)cc1. The van der Waals surface area contributed by atoms with Crippen molar-refractivity contribution in [3.05, 3.63) is 65.2 Å². The summed E-state index contributed by atoms with van der Waals surface area (Å²) >= 11 is 0. The van der Waals surface area contributed by atoms with Gasteiger partial charge in [0, 0.05) is 16.7 Å². The zero-order valence-electron chi connectivity index (χ0n) is 17.0. The lowest BCUT2D eigenvalue weighted by molar-refractivity contribution is -0.145. The van der Waals surface area contributed by atoms with Crippen LogP contribution in [0.5, 0.6) is 0 Å². The number of anilines is 1. The molecule has 1 unspecified atom stereocenters. The summed E-state index contributed by atoms with van der Waals surface area (Å²) in [7, 11) is 0. The summed E-state index contributed by atoms with van der Waals surface area (Å²) in [4.78, 5) is 36.7. The number of hydrogen-bond acceptors (Lipinski definition) is 4. The minimum atomic E-state index is -0.883. The summed E-state index contributed by atoms with van der Waals surface area (Å²) in [6, 6.07) is 14.1.